The third-order valence-corrected chi connectivity index (χ3v) is 6.30. The maximum Gasteiger partial charge on any atom is 0.180 e. The Morgan fingerprint density at radius 3 is 2.81 bits per heavy atom. The van der Waals surface area contributed by atoms with Gasteiger partial charge in [0, 0.05) is 12.1 Å². The quantitative estimate of drug-likeness (QED) is 0.827. The molecule has 1 unspecified atom stereocenters. The number of rotatable bonds is 2. The Balaban J connectivity index is 1.79. The second kappa shape index (κ2) is 4.42. The number of hydrogen-bond donors (Lipinski definition) is 0. The van der Waals surface area contributed by atoms with Crippen LogP contribution in [0.1, 0.15) is 54.6 Å². The maximum atomic E-state index is 13.1. The number of hydrogen-bond acceptors (Lipinski definition) is 2. The Morgan fingerprint density at radius 1 is 1.33 bits per heavy atom. The zero-order valence-electron chi connectivity index (χ0n) is 13.4. The van der Waals surface area contributed by atoms with Crippen molar-refractivity contribution in [3.8, 4) is 0 Å². The normalized spacial score (nSPS) is 35.7. The van der Waals surface area contributed by atoms with Crippen LogP contribution in [0.5, 0.6) is 0 Å². The Labute approximate surface area is 127 Å². The zero-order valence-corrected chi connectivity index (χ0v) is 13.4. The number of aryl methyl sites for hydroxylation is 1. The second-order valence-electron chi connectivity index (χ2n) is 7.75. The molecule has 2 aliphatic carbocycles. The molecule has 2 nitrogen and oxygen atoms in total. The molecule has 0 spiro atoms. The highest BCUT2D eigenvalue weighted by Crippen LogP contribution is 2.49. The van der Waals surface area contributed by atoms with Gasteiger partial charge in [-0.2, -0.15) is 0 Å². The van der Waals surface area contributed by atoms with Crippen molar-refractivity contribution in [2.75, 3.05) is 13.1 Å². The van der Waals surface area contributed by atoms with Gasteiger partial charge in [-0.1, -0.05) is 37.6 Å². The smallest absolute Gasteiger partial charge is 0.180 e. The van der Waals surface area contributed by atoms with E-state index >= 15 is 0 Å². The molecule has 1 heterocycles. The number of benzene rings is 1. The standard InChI is InChI=1S/C19H25NO/c1-12-4-7-15-16(10-12)19(3)8-9-20(11-14-5-6-14)17(13(19)2)18(15)21/h4,7,10,13-14,17H,5-6,8-9,11H2,1-3H3/t13-,17?,19+/m0/s1. The minimum absolute atomic E-state index is 0.111. The first-order valence-electron chi connectivity index (χ1n) is 8.40. The summed E-state index contributed by atoms with van der Waals surface area (Å²) in [7, 11) is 0. The lowest BCUT2D eigenvalue weighted by molar-refractivity contribution is 0.0266. The van der Waals surface area contributed by atoms with Gasteiger partial charge in [0.15, 0.2) is 5.78 Å². The molecule has 3 atom stereocenters. The number of carbonyl (C=O) groups is 1. The molecule has 1 saturated heterocycles. The Bertz CT molecular complexity index is 604. The maximum absolute atomic E-state index is 13.1. The fourth-order valence-corrected chi connectivity index (χ4v) is 4.52. The zero-order chi connectivity index (χ0) is 14.8. The monoisotopic (exact) mass is 283 g/mol. The average molecular weight is 283 g/mol. The highest BCUT2D eigenvalue weighted by Gasteiger charge is 2.52. The largest absolute Gasteiger partial charge is 0.293 e. The van der Waals surface area contributed by atoms with Gasteiger partial charge in [-0.3, -0.25) is 9.69 Å². The predicted molar refractivity (Wildman–Crippen MR) is 84.7 cm³/mol. The summed E-state index contributed by atoms with van der Waals surface area (Å²) in [6.07, 6.45) is 3.90. The van der Waals surface area contributed by atoms with E-state index in [0.717, 1.165) is 24.6 Å². The minimum atomic E-state index is 0.111. The number of ketones is 1. The van der Waals surface area contributed by atoms with Crippen LogP contribution in [-0.4, -0.2) is 29.8 Å². The first kappa shape index (κ1) is 13.5. The third kappa shape index (κ3) is 1.92. The van der Waals surface area contributed by atoms with E-state index in [1.165, 1.54) is 30.4 Å². The lowest BCUT2D eigenvalue weighted by Crippen LogP contribution is -2.61. The van der Waals surface area contributed by atoms with Gasteiger partial charge in [0.2, 0.25) is 0 Å². The predicted octanol–water partition coefficient (Wildman–Crippen LogP) is 3.57. The third-order valence-electron chi connectivity index (χ3n) is 6.30. The SMILES string of the molecule is Cc1ccc2c(c1)[C@]1(C)CCN(CC3CC3)C(C2=O)[C@@H]1C. The van der Waals surface area contributed by atoms with Crippen LogP contribution in [0.15, 0.2) is 18.2 Å². The molecule has 2 fully saturated rings. The molecule has 4 rings (SSSR count). The van der Waals surface area contributed by atoms with E-state index < -0.39 is 0 Å². The Hall–Kier alpha value is -1.15. The lowest BCUT2D eigenvalue weighted by atomic mass is 9.58. The summed E-state index contributed by atoms with van der Waals surface area (Å²) in [4.78, 5) is 15.6. The molecule has 1 saturated carbocycles. The molecular weight excluding hydrogens is 258 g/mol. The molecule has 1 aromatic rings. The molecule has 112 valence electrons. The number of nitrogens with zero attached hydrogens (tertiary/aromatic N) is 1. The van der Waals surface area contributed by atoms with E-state index in [9.17, 15) is 4.79 Å². The van der Waals surface area contributed by atoms with Gasteiger partial charge in [-0.25, -0.2) is 0 Å². The van der Waals surface area contributed by atoms with Crippen molar-refractivity contribution >= 4 is 5.78 Å². The number of piperidine rings is 1. The van der Waals surface area contributed by atoms with Crippen LogP contribution in [0.4, 0.5) is 0 Å². The van der Waals surface area contributed by atoms with Crippen molar-refractivity contribution in [1.82, 2.24) is 4.90 Å². The Kier molecular flexibility index (Phi) is 2.85. The number of fused-ring (bicyclic) bond motifs is 4. The summed E-state index contributed by atoms with van der Waals surface area (Å²) in [5.41, 5.74) is 3.74. The van der Waals surface area contributed by atoms with Crippen LogP contribution in [0, 0.1) is 18.8 Å². The number of carbonyl (C=O) groups excluding carboxylic acids is 1. The van der Waals surface area contributed by atoms with Gasteiger partial charge in [0.05, 0.1) is 6.04 Å². The summed E-state index contributed by atoms with van der Waals surface area (Å²) >= 11 is 0. The van der Waals surface area contributed by atoms with Crippen LogP contribution >= 0.6 is 0 Å². The summed E-state index contributed by atoms with van der Waals surface area (Å²) in [6, 6.07) is 6.54. The van der Waals surface area contributed by atoms with Crippen molar-refractivity contribution in [2.24, 2.45) is 11.8 Å². The molecule has 2 heteroatoms. The summed E-state index contributed by atoms with van der Waals surface area (Å²) in [6.45, 7) is 9.03. The van der Waals surface area contributed by atoms with Gasteiger partial charge in [0.25, 0.3) is 0 Å². The lowest BCUT2D eigenvalue weighted by Gasteiger charge is -2.53. The van der Waals surface area contributed by atoms with E-state index in [1.807, 2.05) is 0 Å². The molecule has 0 aromatic heterocycles. The van der Waals surface area contributed by atoms with Crippen molar-refractivity contribution in [1.29, 1.82) is 0 Å². The molecule has 0 amide bonds. The molecule has 0 radical (unpaired) electrons. The molecule has 3 aliphatic rings. The van der Waals surface area contributed by atoms with Crippen LogP contribution in [-0.2, 0) is 5.41 Å². The van der Waals surface area contributed by atoms with Crippen molar-refractivity contribution < 1.29 is 4.79 Å². The average Bonchev–Trinajstić information content (AvgIpc) is 3.25. The van der Waals surface area contributed by atoms with Gasteiger partial charge in [-0.15, -0.1) is 0 Å². The summed E-state index contributed by atoms with van der Waals surface area (Å²) in [5.74, 6) is 1.65. The highest BCUT2D eigenvalue weighted by molar-refractivity contribution is 6.03. The van der Waals surface area contributed by atoms with Crippen LogP contribution in [0.25, 0.3) is 0 Å². The van der Waals surface area contributed by atoms with Crippen LogP contribution in [0.2, 0.25) is 0 Å². The second-order valence-corrected chi connectivity index (χ2v) is 7.75. The first-order chi connectivity index (χ1) is 10.0. The summed E-state index contributed by atoms with van der Waals surface area (Å²) < 4.78 is 0. The fraction of sp³-hybridized carbons (Fsp3) is 0.632. The Morgan fingerprint density at radius 2 is 2.10 bits per heavy atom. The van der Waals surface area contributed by atoms with E-state index in [-0.39, 0.29) is 11.5 Å². The van der Waals surface area contributed by atoms with E-state index in [0.29, 0.717) is 11.7 Å². The van der Waals surface area contributed by atoms with Gasteiger partial charge >= 0.3 is 0 Å². The van der Waals surface area contributed by atoms with Gasteiger partial charge in [0.1, 0.15) is 0 Å². The van der Waals surface area contributed by atoms with E-state index in [1.54, 1.807) is 0 Å². The van der Waals surface area contributed by atoms with Crippen molar-refractivity contribution in [2.45, 2.75) is 51.5 Å². The van der Waals surface area contributed by atoms with Crippen LogP contribution in [0.3, 0.4) is 0 Å². The minimum Gasteiger partial charge on any atom is -0.293 e. The van der Waals surface area contributed by atoms with Gasteiger partial charge in [-0.05, 0) is 55.5 Å². The van der Waals surface area contributed by atoms with E-state index in [2.05, 4.69) is 43.9 Å². The fourth-order valence-electron chi connectivity index (χ4n) is 4.52. The van der Waals surface area contributed by atoms with Crippen LogP contribution < -0.4 is 0 Å². The van der Waals surface area contributed by atoms with Crippen molar-refractivity contribution in [3.05, 3.63) is 34.9 Å². The highest BCUT2D eigenvalue weighted by atomic mass is 16.1. The van der Waals surface area contributed by atoms with Gasteiger partial charge < -0.3 is 0 Å². The molecule has 1 aliphatic heterocycles. The number of likely N-dealkylation sites (tertiary alicyclic amines) is 1. The molecule has 21 heavy (non-hydrogen) atoms. The number of Topliss-reactive ketones (excluding diaryl/α,β-unsaturated/α-hetero) is 1. The summed E-state index contributed by atoms with van der Waals surface area (Å²) in [5, 5.41) is 0. The first-order valence-corrected chi connectivity index (χ1v) is 8.40. The molecule has 0 N–H and O–H groups in total. The van der Waals surface area contributed by atoms with Crippen molar-refractivity contribution in [3.63, 3.8) is 0 Å². The molecular formula is C19H25NO. The topological polar surface area (TPSA) is 20.3 Å². The molecule has 1 aromatic carbocycles. The molecule has 2 bridgehead atoms. The van der Waals surface area contributed by atoms with E-state index in [4.69, 9.17) is 0 Å².